The van der Waals surface area contributed by atoms with Gasteiger partial charge in [0.05, 0.1) is 36.3 Å². The molecule has 2 atom stereocenters. The van der Waals surface area contributed by atoms with Gasteiger partial charge < -0.3 is 9.64 Å². The zero-order chi connectivity index (χ0) is 18.4. The minimum Gasteiger partial charge on any atom is -0.481 e. The number of hydrogen-bond donors (Lipinski definition) is 0. The second kappa shape index (κ2) is 6.25. The molecular formula is C20H20N6O. The number of nitriles is 1. The number of anilines is 1. The van der Waals surface area contributed by atoms with Crippen LogP contribution in [0.2, 0.25) is 0 Å². The largest absolute Gasteiger partial charge is 0.481 e. The molecule has 0 aliphatic carbocycles. The van der Waals surface area contributed by atoms with E-state index in [-0.39, 0.29) is 0 Å². The second-order valence-corrected chi connectivity index (χ2v) is 7.22. The van der Waals surface area contributed by atoms with Gasteiger partial charge in [-0.25, -0.2) is 9.50 Å². The lowest BCUT2D eigenvalue weighted by Gasteiger charge is -2.57. The molecule has 7 nitrogen and oxygen atoms in total. The fraction of sp³-hybridized carbons (Fsp3) is 0.350. The van der Waals surface area contributed by atoms with Crippen molar-refractivity contribution in [3.05, 3.63) is 54.0 Å². The van der Waals surface area contributed by atoms with Crippen molar-refractivity contribution >= 4 is 11.2 Å². The van der Waals surface area contributed by atoms with E-state index in [0.717, 1.165) is 30.8 Å². The quantitative estimate of drug-likeness (QED) is 0.709. The van der Waals surface area contributed by atoms with Crippen LogP contribution in [0.25, 0.3) is 5.52 Å². The fourth-order valence-electron chi connectivity index (χ4n) is 4.24. The molecule has 0 amide bonds. The van der Waals surface area contributed by atoms with Gasteiger partial charge in [0.2, 0.25) is 5.88 Å². The van der Waals surface area contributed by atoms with Crippen LogP contribution in [0.5, 0.6) is 5.88 Å². The van der Waals surface area contributed by atoms with Crippen molar-refractivity contribution in [2.45, 2.75) is 25.0 Å². The van der Waals surface area contributed by atoms with Crippen LogP contribution in [0, 0.1) is 11.3 Å². The van der Waals surface area contributed by atoms with E-state index < -0.39 is 0 Å². The zero-order valence-electron chi connectivity index (χ0n) is 15.1. The summed E-state index contributed by atoms with van der Waals surface area (Å²) in [6, 6.07) is 11.4. The second-order valence-electron chi connectivity index (χ2n) is 7.22. The molecule has 6 rings (SSSR count). The Balaban J connectivity index is 1.29. The first-order valence-corrected chi connectivity index (χ1v) is 9.12. The molecule has 2 unspecified atom stereocenters. The Hall–Kier alpha value is -3.11. The van der Waals surface area contributed by atoms with Gasteiger partial charge in [0.15, 0.2) is 0 Å². The van der Waals surface area contributed by atoms with Crippen LogP contribution in [0.1, 0.15) is 17.5 Å². The van der Waals surface area contributed by atoms with E-state index in [1.807, 2.05) is 24.5 Å². The zero-order valence-corrected chi connectivity index (χ0v) is 15.1. The summed E-state index contributed by atoms with van der Waals surface area (Å²) in [6.07, 6.45) is 6.81. The average Bonchev–Trinajstić information content (AvgIpc) is 3.14. The van der Waals surface area contributed by atoms with Gasteiger partial charge in [0.1, 0.15) is 6.07 Å². The van der Waals surface area contributed by atoms with Gasteiger partial charge in [-0.1, -0.05) is 6.07 Å². The van der Waals surface area contributed by atoms with Crippen LogP contribution in [-0.4, -0.2) is 51.8 Å². The van der Waals surface area contributed by atoms with Crippen molar-refractivity contribution in [1.29, 1.82) is 5.26 Å². The fourth-order valence-corrected chi connectivity index (χ4v) is 4.24. The Labute approximate surface area is 157 Å². The molecule has 3 aromatic heterocycles. The molecule has 7 heteroatoms. The first kappa shape index (κ1) is 16.1. The van der Waals surface area contributed by atoms with Gasteiger partial charge in [-0.2, -0.15) is 10.4 Å². The molecule has 3 aliphatic heterocycles. The molecule has 3 saturated heterocycles. The lowest BCUT2D eigenvalue weighted by atomic mass is 9.86. The molecule has 0 radical (unpaired) electrons. The molecule has 27 heavy (non-hydrogen) atoms. The van der Waals surface area contributed by atoms with Crippen LogP contribution in [-0.2, 0) is 6.54 Å². The Bertz CT molecular complexity index is 1010. The highest BCUT2D eigenvalue weighted by atomic mass is 16.5. The van der Waals surface area contributed by atoms with E-state index in [9.17, 15) is 0 Å². The lowest BCUT2D eigenvalue weighted by molar-refractivity contribution is -0.00854. The average molecular weight is 360 g/mol. The third kappa shape index (κ3) is 2.69. The number of methoxy groups -OCH3 is 1. The topological polar surface area (TPSA) is 69.7 Å². The van der Waals surface area contributed by atoms with Crippen LogP contribution < -0.4 is 9.64 Å². The molecule has 0 spiro atoms. The van der Waals surface area contributed by atoms with Crippen molar-refractivity contribution in [1.82, 2.24) is 19.5 Å². The van der Waals surface area contributed by atoms with Crippen molar-refractivity contribution in [2.75, 3.05) is 25.1 Å². The summed E-state index contributed by atoms with van der Waals surface area (Å²) < 4.78 is 6.94. The standard InChI is InChI=1S/C20H20N6O/c1-27-20-5-2-14(8-22-20)10-25-17-6-18(25)12-24(11-17)16-3-4-19-15(7-21)9-23-26(19)13-16/h2-5,8-9,13,17-18H,6,10-12H2,1H3. The van der Waals surface area contributed by atoms with Crippen molar-refractivity contribution in [3.8, 4) is 11.9 Å². The number of rotatable bonds is 4. The lowest BCUT2D eigenvalue weighted by Crippen LogP contribution is -2.68. The van der Waals surface area contributed by atoms with E-state index in [1.165, 1.54) is 12.0 Å². The Morgan fingerprint density at radius 1 is 1.19 bits per heavy atom. The molecule has 3 aliphatic rings. The molecule has 0 aromatic carbocycles. The van der Waals surface area contributed by atoms with E-state index in [1.54, 1.807) is 17.8 Å². The first-order valence-electron chi connectivity index (χ1n) is 9.12. The third-order valence-corrected chi connectivity index (χ3v) is 5.70. The predicted molar refractivity (Wildman–Crippen MR) is 101 cm³/mol. The monoisotopic (exact) mass is 360 g/mol. The van der Waals surface area contributed by atoms with E-state index in [4.69, 9.17) is 10.00 Å². The summed E-state index contributed by atoms with van der Waals surface area (Å²) in [6.45, 7) is 2.96. The molecular weight excluding hydrogens is 340 g/mol. The minimum atomic E-state index is 0.564. The van der Waals surface area contributed by atoms with E-state index in [0.29, 0.717) is 23.5 Å². The number of hydrogen-bond acceptors (Lipinski definition) is 6. The smallest absolute Gasteiger partial charge is 0.212 e. The minimum absolute atomic E-state index is 0.564. The number of nitrogens with zero attached hydrogens (tertiary/aromatic N) is 6. The van der Waals surface area contributed by atoms with Gasteiger partial charge >= 0.3 is 0 Å². The molecule has 0 N–H and O–H groups in total. The molecule has 3 fully saturated rings. The van der Waals surface area contributed by atoms with E-state index >= 15 is 0 Å². The maximum absolute atomic E-state index is 9.13. The molecule has 136 valence electrons. The van der Waals surface area contributed by atoms with Crippen LogP contribution in [0.15, 0.2) is 42.9 Å². The van der Waals surface area contributed by atoms with Crippen molar-refractivity contribution < 1.29 is 4.74 Å². The molecule has 2 bridgehead atoms. The van der Waals surface area contributed by atoms with Crippen molar-refractivity contribution in [2.24, 2.45) is 0 Å². The van der Waals surface area contributed by atoms with Gasteiger partial charge in [-0.15, -0.1) is 0 Å². The van der Waals surface area contributed by atoms with Gasteiger partial charge in [0.25, 0.3) is 0 Å². The number of piperazine rings is 1. The summed E-state index contributed by atoms with van der Waals surface area (Å²) in [4.78, 5) is 9.31. The number of ether oxygens (including phenoxy) is 1. The Morgan fingerprint density at radius 2 is 2.04 bits per heavy atom. The number of piperidine rings is 1. The Kier molecular flexibility index (Phi) is 3.73. The van der Waals surface area contributed by atoms with Crippen LogP contribution >= 0.6 is 0 Å². The summed E-state index contributed by atoms with van der Waals surface area (Å²) in [5.41, 5.74) is 3.86. The molecule has 6 heterocycles. The number of pyridine rings is 2. The summed E-state index contributed by atoms with van der Waals surface area (Å²) in [5, 5.41) is 13.4. The first-order chi connectivity index (χ1) is 13.2. The molecule has 0 saturated carbocycles. The van der Waals surface area contributed by atoms with E-state index in [2.05, 4.69) is 38.1 Å². The highest BCUT2D eigenvalue weighted by molar-refractivity contribution is 5.63. The maximum Gasteiger partial charge on any atom is 0.212 e. The summed E-state index contributed by atoms with van der Waals surface area (Å²) in [7, 11) is 1.64. The SMILES string of the molecule is COc1ccc(CN2C3CC2CN(c2ccc4c(C#N)cnn4c2)C3)cn1. The summed E-state index contributed by atoms with van der Waals surface area (Å²) >= 11 is 0. The van der Waals surface area contributed by atoms with Crippen LogP contribution in [0.3, 0.4) is 0 Å². The normalized spacial score (nSPS) is 21.7. The van der Waals surface area contributed by atoms with Gasteiger partial charge in [0, 0.05) is 44.0 Å². The van der Waals surface area contributed by atoms with Gasteiger partial charge in [-0.3, -0.25) is 4.90 Å². The maximum atomic E-state index is 9.13. The Morgan fingerprint density at radius 3 is 2.74 bits per heavy atom. The van der Waals surface area contributed by atoms with Crippen molar-refractivity contribution in [3.63, 3.8) is 0 Å². The molecule has 3 aromatic rings. The number of aromatic nitrogens is 3. The predicted octanol–water partition coefficient (Wildman–Crippen LogP) is 2.07. The summed E-state index contributed by atoms with van der Waals surface area (Å²) in [5.74, 6) is 0.655. The third-order valence-electron chi connectivity index (χ3n) is 5.70. The van der Waals surface area contributed by atoms with Gasteiger partial charge in [-0.05, 0) is 24.1 Å². The highest BCUT2D eigenvalue weighted by Gasteiger charge is 2.44. The van der Waals surface area contributed by atoms with Crippen LogP contribution in [0.4, 0.5) is 5.69 Å². The number of fused-ring (bicyclic) bond motifs is 3. The highest BCUT2D eigenvalue weighted by Crippen LogP contribution is 2.36.